The molecule has 0 saturated heterocycles. The van der Waals surface area contributed by atoms with Crippen molar-refractivity contribution in [1.82, 2.24) is 14.5 Å². The summed E-state index contributed by atoms with van der Waals surface area (Å²) in [4.78, 5) is 7.23. The first-order valence-corrected chi connectivity index (χ1v) is 14.6. The molecule has 41 heavy (non-hydrogen) atoms. The quantitative estimate of drug-likeness (QED) is 0.120. The lowest BCUT2D eigenvalue weighted by atomic mass is 10.1. The molecule has 0 bridgehead atoms. The predicted molar refractivity (Wildman–Crippen MR) is 173 cm³/mol. The lowest BCUT2D eigenvalue weighted by Crippen LogP contribution is -2.38. The number of hydrogen-bond acceptors (Lipinski definition) is 6. The summed E-state index contributed by atoms with van der Waals surface area (Å²) in [6.45, 7) is 6.72. The Morgan fingerprint density at radius 2 is 1.63 bits per heavy atom. The van der Waals surface area contributed by atoms with Crippen molar-refractivity contribution in [2.24, 2.45) is 12.8 Å². The molecule has 0 aliphatic rings. The number of hydrogen-bond donors (Lipinski definition) is 3. The normalized spacial score (nSPS) is 11.2. The van der Waals surface area contributed by atoms with E-state index in [0.717, 1.165) is 41.9 Å². The monoisotopic (exact) mass is 619 g/mol. The Bertz CT molecular complexity index is 1570. The first kappa shape index (κ1) is 33.9. The molecule has 5 N–H and O–H groups in total. The van der Waals surface area contributed by atoms with Gasteiger partial charge in [0, 0.05) is 37.8 Å². The Balaban J connectivity index is 0.00000294. The summed E-state index contributed by atoms with van der Waals surface area (Å²) >= 11 is 0. The summed E-state index contributed by atoms with van der Waals surface area (Å²) in [5.41, 5.74) is 16.0. The van der Waals surface area contributed by atoms with Crippen LogP contribution in [0.25, 0.3) is 11.0 Å². The first-order valence-electron chi connectivity index (χ1n) is 13.1. The highest BCUT2D eigenvalue weighted by atomic mass is 35.5. The number of nitrogens with zero attached hydrogens (tertiary/aromatic N) is 4. The maximum absolute atomic E-state index is 13.8. The maximum atomic E-state index is 13.8. The van der Waals surface area contributed by atoms with Gasteiger partial charge in [0.05, 0.1) is 21.6 Å². The van der Waals surface area contributed by atoms with Crippen LogP contribution in [0.1, 0.15) is 30.8 Å². The second kappa shape index (κ2) is 14.5. The summed E-state index contributed by atoms with van der Waals surface area (Å²) in [5, 5.41) is 7.56. The molecule has 0 saturated carbocycles. The van der Waals surface area contributed by atoms with Crippen LogP contribution in [-0.4, -0.2) is 54.9 Å². The van der Waals surface area contributed by atoms with E-state index in [2.05, 4.69) is 23.3 Å². The van der Waals surface area contributed by atoms with Gasteiger partial charge in [-0.2, -0.15) is 0 Å². The van der Waals surface area contributed by atoms with Crippen LogP contribution in [0.4, 0.5) is 11.4 Å². The van der Waals surface area contributed by atoms with Crippen LogP contribution >= 0.6 is 24.8 Å². The van der Waals surface area contributed by atoms with Crippen molar-refractivity contribution in [2.45, 2.75) is 31.6 Å². The van der Waals surface area contributed by atoms with Gasteiger partial charge < -0.3 is 20.9 Å². The predicted octanol–water partition coefficient (Wildman–Crippen LogP) is 4.61. The average Bonchev–Trinajstić information content (AvgIpc) is 3.24. The first-order chi connectivity index (χ1) is 18.6. The van der Waals surface area contributed by atoms with E-state index in [4.69, 9.17) is 21.9 Å². The number of likely N-dealkylation sites (N-methyl/N-ethyl adjacent to an activating group) is 1. The Morgan fingerprint density at radius 3 is 2.24 bits per heavy atom. The summed E-state index contributed by atoms with van der Waals surface area (Å²) in [7, 11) is -1.87. The smallest absolute Gasteiger partial charge is 0.264 e. The Morgan fingerprint density at radius 1 is 0.951 bits per heavy atom. The van der Waals surface area contributed by atoms with Gasteiger partial charge >= 0.3 is 0 Å². The fraction of sp³-hybridized carbons (Fsp3) is 0.310. The van der Waals surface area contributed by atoms with Gasteiger partial charge in [0.15, 0.2) is 0 Å². The molecule has 9 nitrogen and oxygen atoms in total. The number of fused-ring (bicyclic) bond motifs is 1. The molecule has 3 aromatic carbocycles. The second-order valence-electron chi connectivity index (χ2n) is 9.55. The zero-order valence-corrected chi connectivity index (χ0v) is 26.0. The third-order valence-electron chi connectivity index (χ3n) is 7.11. The number of imidazole rings is 1. The number of anilines is 2. The van der Waals surface area contributed by atoms with Crippen molar-refractivity contribution in [3.8, 4) is 0 Å². The van der Waals surface area contributed by atoms with E-state index in [-0.39, 0.29) is 35.5 Å². The van der Waals surface area contributed by atoms with Crippen molar-refractivity contribution in [2.75, 3.05) is 36.2 Å². The molecule has 0 unspecified atom stereocenters. The highest BCUT2D eigenvalue weighted by Crippen LogP contribution is 2.28. The van der Waals surface area contributed by atoms with E-state index in [1.165, 1.54) is 10.4 Å². The Labute approximate surface area is 254 Å². The molecule has 222 valence electrons. The molecule has 12 heteroatoms. The molecule has 1 aromatic heterocycles. The molecule has 1 heterocycles. The molecule has 0 atom stereocenters. The summed E-state index contributed by atoms with van der Waals surface area (Å²) in [6, 6.07) is 19.7. The van der Waals surface area contributed by atoms with Crippen LogP contribution in [0.2, 0.25) is 0 Å². The number of aromatic nitrogens is 2. The summed E-state index contributed by atoms with van der Waals surface area (Å²) in [6.07, 6.45) is 1.50. The minimum absolute atomic E-state index is 0. The third-order valence-corrected chi connectivity index (χ3v) is 8.93. The van der Waals surface area contributed by atoms with Gasteiger partial charge in [0.1, 0.15) is 11.7 Å². The van der Waals surface area contributed by atoms with Gasteiger partial charge in [-0.15, -0.1) is 24.8 Å². The average molecular weight is 621 g/mol. The van der Waals surface area contributed by atoms with E-state index in [9.17, 15) is 8.42 Å². The largest absolute Gasteiger partial charge is 0.399 e. The zero-order valence-electron chi connectivity index (χ0n) is 23.6. The number of nitrogens with one attached hydrogen (secondary N) is 1. The van der Waals surface area contributed by atoms with Crippen LogP contribution in [0.15, 0.2) is 71.6 Å². The summed E-state index contributed by atoms with van der Waals surface area (Å²) in [5.74, 6) is 0.961. The molecular formula is C29H39Cl2N7O2S. The van der Waals surface area contributed by atoms with Gasteiger partial charge in [-0.1, -0.05) is 44.2 Å². The van der Waals surface area contributed by atoms with E-state index < -0.39 is 10.0 Å². The van der Waals surface area contributed by atoms with E-state index in [1.54, 1.807) is 18.2 Å². The Kier molecular flexibility index (Phi) is 12.0. The third kappa shape index (κ3) is 7.71. The van der Waals surface area contributed by atoms with E-state index in [1.807, 2.05) is 49.5 Å². The number of nitrogens with two attached hydrogens (primary N) is 2. The van der Waals surface area contributed by atoms with Crippen LogP contribution in [0, 0.1) is 5.41 Å². The van der Waals surface area contributed by atoms with Crippen LogP contribution < -0.4 is 15.8 Å². The molecule has 0 fully saturated rings. The number of sulfonamides is 1. The molecule has 0 aliphatic carbocycles. The zero-order chi connectivity index (χ0) is 28.2. The van der Waals surface area contributed by atoms with Crippen molar-refractivity contribution in [3.05, 3.63) is 83.7 Å². The van der Waals surface area contributed by atoms with Crippen molar-refractivity contribution >= 4 is 63.1 Å². The van der Waals surface area contributed by atoms with Gasteiger partial charge in [0.2, 0.25) is 0 Å². The lowest BCUT2D eigenvalue weighted by Gasteiger charge is -2.28. The van der Waals surface area contributed by atoms with E-state index in [0.29, 0.717) is 36.4 Å². The van der Waals surface area contributed by atoms with Crippen LogP contribution in [0.5, 0.6) is 0 Å². The topological polar surface area (TPSA) is 134 Å². The van der Waals surface area contributed by atoms with Crippen LogP contribution in [0.3, 0.4) is 0 Å². The van der Waals surface area contributed by atoms with Crippen molar-refractivity contribution < 1.29 is 8.42 Å². The molecule has 4 rings (SSSR count). The minimum atomic E-state index is -3.85. The minimum Gasteiger partial charge on any atom is -0.399 e. The maximum Gasteiger partial charge on any atom is 0.264 e. The number of halogens is 2. The SMILES string of the molecule is CCN(CC)CCN(c1ccc2c(c1)nc(CCc1ccc(C(=N)N)cc1)n2C)S(=O)(=O)c1cccc(N)c1.Cl.Cl. The number of benzene rings is 3. The number of aryl methyl sites for hydroxylation is 3. The second-order valence-corrected chi connectivity index (χ2v) is 11.4. The van der Waals surface area contributed by atoms with Crippen molar-refractivity contribution in [1.29, 1.82) is 5.41 Å². The number of amidine groups is 1. The van der Waals surface area contributed by atoms with Gasteiger partial charge in [-0.3, -0.25) is 9.71 Å². The van der Waals surface area contributed by atoms with Gasteiger partial charge in [0.25, 0.3) is 10.0 Å². The fourth-order valence-electron chi connectivity index (χ4n) is 4.69. The number of nitrogen functional groups attached to an aromatic ring is 2. The molecule has 0 spiro atoms. The molecular weight excluding hydrogens is 581 g/mol. The molecule has 4 aromatic rings. The van der Waals surface area contributed by atoms with Gasteiger partial charge in [-0.05, 0) is 61.5 Å². The van der Waals surface area contributed by atoms with Crippen molar-refractivity contribution in [3.63, 3.8) is 0 Å². The highest BCUT2D eigenvalue weighted by molar-refractivity contribution is 7.92. The van der Waals surface area contributed by atoms with E-state index >= 15 is 0 Å². The standard InChI is InChI=1S/C29H37N7O2S.2ClH/c1-4-35(5-2)17-18-36(39(37,38)25-8-6-7-23(30)19-25)24-14-15-27-26(20-24)33-28(34(27)3)16-11-21-9-12-22(13-10-21)29(31)32;;/h6-10,12-15,19-20H,4-5,11,16-18,30H2,1-3H3,(H3,31,32);2*1H. The van der Waals surface area contributed by atoms with Crippen LogP contribution in [-0.2, 0) is 29.9 Å². The summed E-state index contributed by atoms with van der Waals surface area (Å²) < 4.78 is 31.1. The fourth-order valence-corrected chi connectivity index (χ4v) is 6.19. The molecule has 0 amide bonds. The molecule has 0 radical (unpaired) electrons. The molecule has 0 aliphatic heterocycles. The Hall–Kier alpha value is -3.31. The number of rotatable bonds is 12. The van der Waals surface area contributed by atoms with Gasteiger partial charge in [-0.25, -0.2) is 13.4 Å². The lowest BCUT2D eigenvalue weighted by molar-refractivity contribution is 0.313. The highest BCUT2D eigenvalue weighted by Gasteiger charge is 2.26.